The lowest BCUT2D eigenvalue weighted by atomic mass is 9.93. The lowest BCUT2D eigenvalue weighted by Crippen LogP contribution is -2.54. The van der Waals surface area contributed by atoms with Gasteiger partial charge in [-0.25, -0.2) is 4.79 Å². The molecule has 8 heteroatoms. The molecular formula is C23H37N3O4S. The van der Waals surface area contributed by atoms with Gasteiger partial charge in [0.15, 0.2) is 0 Å². The molecule has 1 fully saturated rings. The summed E-state index contributed by atoms with van der Waals surface area (Å²) in [7, 11) is 0. The Hall–Kier alpha value is -1.61. The van der Waals surface area contributed by atoms with E-state index in [0.717, 1.165) is 12.0 Å². The molecule has 5 atom stereocenters. The molecule has 3 unspecified atom stereocenters. The molecule has 174 valence electrons. The standard InChI is InChI=1S/C23H37N3O4S/c1-4-16(2)20(25-13-18(24)15-31)14-30-23(3,12-17-8-6-5-7-9-17)22(28)26-19-10-11-29-21(19)27/h5-9,16,18-20,25,31H,4,10-15,24H2,1-3H3,(H,26,28)/t16-,18?,19+,20?,23?/m0/s1. The minimum Gasteiger partial charge on any atom is -0.464 e. The maximum absolute atomic E-state index is 13.2. The number of carbonyl (C=O) groups excluding carboxylic acids is 2. The molecule has 4 N–H and O–H groups in total. The second-order valence-corrected chi connectivity index (χ2v) is 8.89. The molecule has 1 heterocycles. The van der Waals surface area contributed by atoms with Gasteiger partial charge in [-0.15, -0.1) is 0 Å². The van der Waals surface area contributed by atoms with Gasteiger partial charge in [-0.3, -0.25) is 4.79 Å². The minimum atomic E-state index is -1.14. The summed E-state index contributed by atoms with van der Waals surface area (Å²) in [5.41, 5.74) is 5.86. The first kappa shape index (κ1) is 25.6. The molecule has 0 radical (unpaired) electrons. The van der Waals surface area contributed by atoms with Gasteiger partial charge in [-0.05, 0) is 18.4 Å². The highest BCUT2D eigenvalue weighted by Gasteiger charge is 2.39. The molecule has 1 amide bonds. The van der Waals surface area contributed by atoms with Crippen LogP contribution >= 0.6 is 12.6 Å². The van der Waals surface area contributed by atoms with Crippen molar-refractivity contribution in [2.24, 2.45) is 11.7 Å². The highest BCUT2D eigenvalue weighted by atomic mass is 32.1. The van der Waals surface area contributed by atoms with E-state index in [2.05, 4.69) is 37.1 Å². The molecule has 7 nitrogen and oxygen atoms in total. The first-order chi connectivity index (χ1) is 14.8. The van der Waals surface area contributed by atoms with Crippen LogP contribution in [0, 0.1) is 5.92 Å². The van der Waals surface area contributed by atoms with Crippen molar-refractivity contribution >= 4 is 24.5 Å². The smallest absolute Gasteiger partial charge is 0.328 e. The van der Waals surface area contributed by atoms with Gasteiger partial charge in [0.1, 0.15) is 11.6 Å². The van der Waals surface area contributed by atoms with Crippen molar-refractivity contribution in [2.75, 3.05) is 25.5 Å². The van der Waals surface area contributed by atoms with Gasteiger partial charge in [0.05, 0.1) is 13.2 Å². The molecule has 1 saturated heterocycles. The van der Waals surface area contributed by atoms with E-state index in [1.807, 2.05) is 30.3 Å². The Labute approximate surface area is 191 Å². The number of ether oxygens (including phenoxy) is 2. The molecule has 1 aliphatic rings. The highest BCUT2D eigenvalue weighted by molar-refractivity contribution is 7.80. The number of carbonyl (C=O) groups is 2. The van der Waals surface area contributed by atoms with E-state index in [0.29, 0.717) is 44.3 Å². The number of amides is 1. The SMILES string of the molecule is CC[C@H](C)C(COC(C)(Cc1ccccc1)C(=O)N[C@@H]1CCOC1=O)NCC(N)CS. The van der Waals surface area contributed by atoms with Gasteiger partial charge in [0.25, 0.3) is 5.91 Å². The highest BCUT2D eigenvalue weighted by Crippen LogP contribution is 2.21. The van der Waals surface area contributed by atoms with E-state index in [9.17, 15) is 9.59 Å². The van der Waals surface area contributed by atoms with Crippen LogP contribution in [0.1, 0.15) is 39.2 Å². The molecule has 0 aromatic heterocycles. The Kier molecular flexibility index (Phi) is 10.3. The maximum atomic E-state index is 13.2. The summed E-state index contributed by atoms with van der Waals surface area (Å²) in [5, 5.41) is 6.30. The number of benzene rings is 1. The molecule has 31 heavy (non-hydrogen) atoms. The fraction of sp³-hybridized carbons (Fsp3) is 0.652. The molecule has 1 aromatic rings. The Bertz CT molecular complexity index is 705. The van der Waals surface area contributed by atoms with E-state index in [1.54, 1.807) is 6.92 Å². The Morgan fingerprint density at radius 2 is 2.10 bits per heavy atom. The summed E-state index contributed by atoms with van der Waals surface area (Å²) in [5.74, 6) is 0.221. The minimum absolute atomic E-state index is 0.0373. The van der Waals surface area contributed by atoms with E-state index in [1.165, 1.54) is 0 Å². The lowest BCUT2D eigenvalue weighted by molar-refractivity contribution is -0.150. The Balaban J connectivity index is 2.13. The van der Waals surface area contributed by atoms with Crippen molar-refractivity contribution < 1.29 is 19.1 Å². The zero-order chi connectivity index (χ0) is 22.9. The third-order valence-electron chi connectivity index (χ3n) is 5.89. The monoisotopic (exact) mass is 451 g/mol. The number of thiol groups is 1. The fourth-order valence-electron chi connectivity index (χ4n) is 3.47. The average Bonchev–Trinajstić information content (AvgIpc) is 3.17. The van der Waals surface area contributed by atoms with Crippen molar-refractivity contribution in [3.8, 4) is 0 Å². The number of hydrogen-bond donors (Lipinski definition) is 4. The molecule has 0 spiro atoms. The maximum Gasteiger partial charge on any atom is 0.328 e. The third-order valence-corrected chi connectivity index (χ3v) is 6.36. The Morgan fingerprint density at radius 1 is 1.39 bits per heavy atom. The quantitative estimate of drug-likeness (QED) is 0.269. The first-order valence-corrected chi connectivity index (χ1v) is 11.7. The van der Waals surface area contributed by atoms with Crippen molar-refractivity contribution in [3.63, 3.8) is 0 Å². The summed E-state index contributed by atoms with van der Waals surface area (Å²) in [6.07, 6.45) is 1.84. The van der Waals surface area contributed by atoms with Crippen LogP contribution in [0.2, 0.25) is 0 Å². The van der Waals surface area contributed by atoms with Crippen LogP contribution in [-0.2, 0) is 25.5 Å². The van der Waals surface area contributed by atoms with E-state index in [-0.39, 0.29) is 18.0 Å². The zero-order valence-corrected chi connectivity index (χ0v) is 19.7. The van der Waals surface area contributed by atoms with Crippen LogP contribution in [0.15, 0.2) is 30.3 Å². The van der Waals surface area contributed by atoms with Gasteiger partial charge < -0.3 is 25.8 Å². The van der Waals surface area contributed by atoms with Crippen molar-refractivity contribution in [1.29, 1.82) is 0 Å². The molecule has 0 aliphatic carbocycles. The molecule has 1 aromatic carbocycles. The van der Waals surface area contributed by atoms with Crippen LogP contribution in [-0.4, -0.2) is 61.1 Å². The van der Waals surface area contributed by atoms with Crippen LogP contribution in [0.4, 0.5) is 0 Å². The average molecular weight is 452 g/mol. The number of nitrogens with two attached hydrogens (primary N) is 1. The van der Waals surface area contributed by atoms with Crippen molar-refractivity contribution in [1.82, 2.24) is 10.6 Å². The van der Waals surface area contributed by atoms with E-state index < -0.39 is 17.6 Å². The number of cyclic esters (lactones) is 1. The zero-order valence-electron chi connectivity index (χ0n) is 18.8. The van der Waals surface area contributed by atoms with E-state index >= 15 is 0 Å². The van der Waals surface area contributed by atoms with Crippen molar-refractivity contribution in [2.45, 2.75) is 63.8 Å². The van der Waals surface area contributed by atoms with Gasteiger partial charge in [0.2, 0.25) is 0 Å². The van der Waals surface area contributed by atoms with E-state index in [4.69, 9.17) is 15.2 Å². The molecule has 1 aliphatic heterocycles. The fourth-order valence-corrected chi connectivity index (χ4v) is 3.60. The summed E-state index contributed by atoms with van der Waals surface area (Å²) in [6, 6.07) is 9.10. The Morgan fingerprint density at radius 3 is 2.68 bits per heavy atom. The van der Waals surface area contributed by atoms with Crippen LogP contribution in [0.25, 0.3) is 0 Å². The molecule has 0 bridgehead atoms. The summed E-state index contributed by atoms with van der Waals surface area (Å²) < 4.78 is 11.3. The van der Waals surface area contributed by atoms with Gasteiger partial charge >= 0.3 is 5.97 Å². The molecule has 2 rings (SSSR count). The summed E-state index contributed by atoms with van der Waals surface area (Å²) in [6.45, 7) is 7.35. The second-order valence-electron chi connectivity index (χ2n) is 8.53. The van der Waals surface area contributed by atoms with Gasteiger partial charge in [0, 0.05) is 37.2 Å². The van der Waals surface area contributed by atoms with Crippen LogP contribution < -0.4 is 16.4 Å². The molecule has 0 saturated carbocycles. The number of nitrogens with one attached hydrogen (secondary N) is 2. The normalized spacial score (nSPS) is 21.1. The van der Waals surface area contributed by atoms with Gasteiger partial charge in [-0.2, -0.15) is 12.6 Å². The molecular weight excluding hydrogens is 414 g/mol. The van der Waals surface area contributed by atoms with Gasteiger partial charge in [-0.1, -0.05) is 50.6 Å². The van der Waals surface area contributed by atoms with Crippen molar-refractivity contribution in [3.05, 3.63) is 35.9 Å². The predicted octanol–water partition coefficient (Wildman–Crippen LogP) is 1.70. The lowest BCUT2D eigenvalue weighted by Gasteiger charge is -2.33. The first-order valence-electron chi connectivity index (χ1n) is 11.0. The second kappa shape index (κ2) is 12.4. The number of rotatable bonds is 13. The van der Waals surface area contributed by atoms with Crippen LogP contribution in [0.5, 0.6) is 0 Å². The number of hydrogen-bond acceptors (Lipinski definition) is 7. The summed E-state index contributed by atoms with van der Waals surface area (Å²) in [4.78, 5) is 25.1. The number of esters is 1. The largest absolute Gasteiger partial charge is 0.464 e. The topological polar surface area (TPSA) is 103 Å². The third kappa shape index (κ3) is 7.79. The predicted molar refractivity (Wildman–Crippen MR) is 125 cm³/mol. The van der Waals surface area contributed by atoms with Crippen LogP contribution in [0.3, 0.4) is 0 Å². The summed E-state index contributed by atoms with van der Waals surface area (Å²) >= 11 is 4.25.